The molecule has 0 spiro atoms. The van der Waals surface area contributed by atoms with Crippen LogP contribution in [0.3, 0.4) is 0 Å². The molecule has 0 saturated carbocycles. The lowest BCUT2D eigenvalue weighted by molar-refractivity contribution is 0.0901. The minimum absolute atomic E-state index is 0.0683. The van der Waals surface area contributed by atoms with Crippen molar-refractivity contribution >= 4 is 11.5 Å². The third kappa shape index (κ3) is 2.22. The first-order valence-corrected chi connectivity index (χ1v) is 5.69. The lowest BCUT2D eigenvalue weighted by atomic mass is 9.82. The highest BCUT2D eigenvalue weighted by Gasteiger charge is 2.32. The summed E-state index contributed by atoms with van der Waals surface area (Å²) in [7, 11) is 0. The van der Waals surface area contributed by atoms with Crippen molar-refractivity contribution in [1.29, 1.82) is 0 Å². The number of ketones is 1. The van der Waals surface area contributed by atoms with E-state index in [2.05, 4.69) is 9.97 Å². The Balaban J connectivity index is 2.36. The van der Waals surface area contributed by atoms with Crippen LogP contribution in [-0.2, 0) is 5.41 Å². The Morgan fingerprint density at radius 3 is 2.50 bits per heavy atom. The minimum Gasteiger partial charge on any atom is -0.397 e. The number of pyridine rings is 2. The summed E-state index contributed by atoms with van der Waals surface area (Å²) in [6, 6.07) is 8.85. The predicted molar refractivity (Wildman–Crippen MR) is 70.2 cm³/mol. The predicted octanol–water partition coefficient (Wildman–Crippen LogP) is 2.22. The van der Waals surface area contributed by atoms with Gasteiger partial charge in [-0.1, -0.05) is 6.07 Å². The van der Waals surface area contributed by atoms with E-state index in [0.29, 0.717) is 11.4 Å². The maximum atomic E-state index is 12.4. The van der Waals surface area contributed by atoms with Gasteiger partial charge in [0, 0.05) is 6.20 Å². The van der Waals surface area contributed by atoms with E-state index in [0.717, 1.165) is 5.69 Å². The summed E-state index contributed by atoms with van der Waals surface area (Å²) in [6.45, 7) is 3.69. The van der Waals surface area contributed by atoms with E-state index in [1.54, 1.807) is 18.3 Å². The largest absolute Gasteiger partial charge is 0.397 e. The molecule has 2 aromatic rings. The van der Waals surface area contributed by atoms with Crippen LogP contribution in [0.5, 0.6) is 0 Å². The summed E-state index contributed by atoms with van der Waals surface area (Å²) in [5, 5.41) is 0. The van der Waals surface area contributed by atoms with Gasteiger partial charge in [0.2, 0.25) is 0 Å². The lowest BCUT2D eigenvalue weighted by Gasteiger charge is -2.21. The van der Waals surface area contributed by atoms with Gasteiger partial charge in [0.25, 0.3) is 0 Å². The van der Waals surface area contributed by atoms with Gasteiger partial charge in [-0.25, -0.2) is 0 Å². The van der Waals surface area contributed by atoms with Crippen molar-refractivity contribution in [3.63, 3.8) is 0 Å². The zero-order valence-corrected chi connectivity index (χ0v) is 10.4. The Morgan fingerprint density at radius 2 is 1.94 bits per heavy atom. The lowest BCUT2D eigenvalue weighted by Crippen LogP contribution is -2.30. The van der Waals surface area contributed by atoms with Crippen molar-refractivity contribution in [2.75, 3.05) is 5.73 Å². The molecule has 4 heteroatoms. The molecule has 0 aliphatic carbocycles. The molecule has 0 aliphatic rings. The number of aromatic nitrogens is 2. The quantitative estimate of drug-likeness (QED) is 0.836. The molecule has 0 atom stereocenters. The van der Waals surface area contributed by atoms with Gasteiger partial charge in [0.1, 0.15) is 5.69 Å². The second kappa shape index (κ2) is 4.56. The number of nitrogens with zero attached hydrogens (tertiary/aromatic N) is 2. The van der Waals surface area contributed by atoms with Crippen molar-refractivity contribution < 1.29 is 4.79 Å². The number of hydrogen-bond acceptors (Lipinski definition) is 4. The van der Waals surface area contributed by atoms with Crippen LogP contribution in [0.15, 0.2) is 42.7 Å². The fourth-order valence-corrected chi connectivity index (χ4v) is 1.71. The van der Waals surface area contributed by atoms with Crippen molar-refractivity contribution in [1.82, 2.24) is 9.97 Å². The van der Waals surface area contributed by atoms with Gasteiger partial charge < -0.3 is 5.73 Å². The van der Waals surface area contributed by atoms with E-state index in [4.69, 9.17) is 5.73 Å². The number of carbonyl (C=O) groups excluding carboxylic acids is 1. The number of rotatable bonds is 3. The Morgan fingerprint density at radius 1 is 1.17 bits per heavy atom. The Kier molecular flexibility index (Phi) is 3.10. The molecule has 92 valence electrons. The molecule has 0 fully saturated rings. The first kappa shape index (κ1) is 12.2. The first-order chi connectivity index (χ1) is 8.51. The van der Waals surface area contributed by atoms with E-state index < -0.39 is 5.41 Å². The van der Waals surface area contributed by atoms with Crippen LogP contribution in [0.4, 0.5) is 5.69 Å². The van der Waals surface area contributed by atoms with Gasteiger partial charge in [-0.05, 0) is 38.1 Å². The molecule has 2 aromatic heterocycles. The molecule has 0 radical (unpaired) electrons. The average molecular weight is 241 g/mol. The summed E-state index contributed by atoms with van der Waals surface area (Å²) in [5.41, 5.74) is 6.53. The molecule has 0 saturated heterocycles. The second-order valence-corrected chi connectivity index (χ2v) is 4.65. The molecule has 0 aromatic carbocycles. The maximum absolute atomic E-state index is 12.4. The fourth-order valence-electron chi connectivity index (χ4n) is 1.71. The molecule has 0 amide bonds. The zero-order valence-electron chi connectivity index (χ0n) is 10.4. The van der Waals surface area contributed by atoms with Crippen LogP contribution in [0, 0.1) is 0 Å². The molecule has 2 rings (SSSR count). The van der Waals surface area contributed by atoms with Gasteiger partial charge in [-0.3, -0.25) is 14.8 Å². The minimum atomic E-state index is -0.704. The molecule has 2 N–H and O–H groups in total. The third-order valence-electron chi connectivity index (χ3n) is 2.89. The highest BCUT2D eigenvalue weighted by Crippen LogP contribution is 2.25. The van der Waals surface area contributed by atoms with Gasteiger partial charge in [-0.2, -0.15) is 0 Å². The fraction of sp³-hybridized carbons (Fsp3) is 0.214. The van der Waals surface area contributed by atoms with E-state index >= 15 is 0 Å². The normalized spacial score (nSPS) is 11.2. The molecular formula is C14H15N3O. The average Bonchev–Trinajstić information content (AvgIpc) is 2.40. The maximum Gasteiger partial charge on any atom is 0.192 e. The Bertz CT molecular complexity index is 547. The standard InChI is InChI=1S/C14H15N3O/c1-14(2,12-5-3-4-8-16-12)13(18)11-7-6-10(15)9-17-11/h3-9H,15H2,1-2H3. The smallest absolute Gasteiger partial charge is 0.192 e. The van der Waals surface area contributed by atoms with E-state index in [9.17, 15) is 4.79 Å². The van der Waals surface area contributed by atoms with Crippen LogP contribution >= 0.6 is 0 Å². The number of carbonyl (C=O) groups is 1. The van der Waals surface area contributed by atoms with Crippen molar-refractivity contribution in [3.8, 4) is 0 Å². The Hall–Kier alpha value is -2.23. The van der Waals surface area contributed by atoms with E-state index in [-0.39, 0.29) is 5.78 Å². The van der Waals surface area contributed by atoms with Crippen LogP contribution in [-0.4, -0.2) is 15.8 Å². The summed E-state index contributed by atoms with van der Waals surface area (Å²) in [5.74, 6) is -0.0683. The van der Waals surface area contributed by atoms with Gasteiger partial charge >= 0.3 is 0 Å². The van der Waals surface area contributed by atoms with Crippen LogP contribution in [0.25, 0.3) is 0 Å². The molecule has 4 nitrogen and oxygen atoms in total. The van der Waals surface area contributed by atoms with Crippen LogP contribution in [0.1, 0.15) is 30.0 Å². The number of nitrogens with two attached hydrogens (primary N) is 1. The summed E-state index contributed by atoms with van der Waals surface area (Å²) in [6.07, 6.45) is 3.17. The zero-order chi connectivity index (χ0) is 13.2. The molecule has 2 heterocycles. The molecule has 18 heavy (non-hydrogen) atoms. The van der Waals surface area contributed by atoms with Crippen LogP contribution in [0.2, 0.25) is 0 Å². The number of hydrogen-bond donors (Lipinski definition) is 1. The van der Waals surface area contributed by atoms with Crippen molar-refractivity contribution in [2.45, 2.75) is 19.3 Å². The summed E-state index contributed by atoms with van der Waals surface area (Å²) >= 11 is 0. The topological polar surface area (TPSA) is 68.9 Å². The highest BCUT2D eigenvalue weighted by molar-refractivity contribution is 6.01. The van der Waals surface area contributed by atoms with Gasteiger partial charge in [0.15, 0.2) is 5.78 Å². The van der Waals surface area contributed by atoms with Crippen molar-refractivity contribution in [3.05, 3.63) is 54.1 Å². The summed E-state index contributed by atoms with van der Waals surface area (Å²) in [4.78, 5) is 20.7. The molecular weight excluding hydrogens is 226 g/mol. The number of anilines is 1. The molecule has 0 aliphatic heterocycles. The molecule has 0 unspecified atom stereocenters. The second-order valence-electron chi connectivity index (χ2n) is 4.65. The van der Waals surface area contributed by atoms with Gasteiger partial charge in [0.05, 0.1) is 23.0 Å². The third-order valence-corrected chi connectivity index (χ3v) is 2.89. The van der Waals surface area contributed by atoms with E-state index in [1.165, 1.54) is 6.20 Å². The number of Topliss-reactive ketones (excluding diaryl/α,β-unsaturated/α-hetero) is 1. The monoisotopic (exact) mass is 241 g/mol. The van der Waals surface area contributed by atoms with E-state index in [1.807, 2.05) is 32.0 Å². The van der Waals surface area contributed by atoms with Crippen LogP contribution < -0.4 is 5.73 Å². The molecule has 0 bridgehead atoms. The van der Waals surface area contributed by atoms with Gasteiger partial charge in [-0.15, -0.1) is 0 Å². The highest BCUT2D eigenvalue weighted by atomic mass is 16.1. The first-order valence-electron chi connectivity index (χ1n) is 5.69. The summed E-state index contributed by atoms with van der Waals surface area (Å²) < 4.78 is 0. The SMILES string of the molecule is CC(C)(C(=O)c1ccc(N)cn1)c1ccccn1. The Labute approximate surface area is 106 Å². The number of nitrogen functional groups attached to an aromatic ring is 1. The van der Waals surface area contributed by atoms with Crippen molar-refractivity contribution in [2.24, 2.45) is 0 Å².